The van der Waals surface area contributed by atoms with Crippen LogP contribution in [-0.4, -0.2) is 33.9 Å². The van der Waals surface area contributed by atoms with E-state index in [-0.39, 0.29) is 11.9 Å². The Bertz CT molecular complexity index is 759. The molecule has 3 heterocycles. The van der Waals surface area contributed by atoms with Gasteiger partial charge in [-0.3, -0.25) is 4.79 Å². The van der Waals surface area contributed by atoms with Gasteiger partial charge in [-0.15, -0.1) is 0 Å². The highest BCUT2D eigenvalue weighted by Gasteiger charge is 2.40. The van der Waals surface area contributed by atoms with Gasteiger partial charge in [0.15, 0.2) is 5.69 Å². The van der Waals surface area contributed by atoms with Crippen LogP contribution in [0.4, 0.5) is 0 Å². The first-order valence-corrected chi connectivity index (χ1v) is 7.16. The molecule has 3 atom stereocenters. The summed E-state index contributed by atoms with van der Waals surface area (Å²) in [5.74, 6) is 0.503. The Balaban J connectivity index is 1.55. The Hall–Kier alpha value is -2.39. The maximum atomic E-state index is 12.4. The van der Waals surface area contributed by atoms with E-state index < -0.39 is 0 Å². The maximum absolute atomic E-state index is 12.4. The molecule has 6 nitrogen and oxygen atoms in total. The normalized spacial score (nSPS) is 26.9. The molecule has 1 amide bonds. The van der Waals surface area contributed by atoms with E-state index in [1.807, 2.05) is 6.07 Å². The highest BCUT2D eigenvalue weighted by atomic mass is 16.1. The molecule has 2 aromatic heterocycles. The SMILES string of the molecule is N#Cc1cn2cc(C(=O)NC3CC4CC3CN4)ccc2n1. The zero-order valence-electron chi connectivity index (χ0n) is 11.4. The van der Waals surface area contributed by atoms with E-state index in [0.29, 0.717) is 28.9 Å². The molecule has 3 unspecified atom stereocenters. The molecule has 106 valence electrons. The fourth-order valence-electron chi connectivity index (χ4n) is 3.44. The Kier molecular flexibility index (Phi) is 2.69. The molecule has 0 aromatic carbocycles. The minimum Gasteiger partial charge on any atom is -0.349 e. The lowest BCUT2D eigenvalue weighted by Gasteiger charge is -2.23. The monoisotopic (exact) mass is 281 g/mol. The number of fused-ring (bicyclic) bond motifs is 3. The van der Waals surface area contributed by atoms with E-state index in [0.717, 1.165) is 19.4 Å². The highest BCUT2D eigenvalue weighted by Crippen LogP contribution is 2.31. The molecule has 2 fully saturated rings. The molecule has 0 radical (unpaired) electrons. The summed E-state index contributed by atoms with van der Waals surface area (Å²) in [5, 5.41) is 15.4. The highest BCUT2D eigenvalue weighted by molar-refractivity contribution is 5.94. The summed E-state index contributed by atoms with van der Waals surface area (Å²) in [6.07, 6.45) is 5.54. The van der Waals surface area contributed by atoms with Gasteiger partial charge in [0.2, 0.25) is 0 Å². The van der Waals surface area contributed by atoms with Crippen LogP contribution >= 0.6 is 0 Å². The van der Waals surface area contributed by atoms with Gasteiger partial charge in [0.1, 0.15) is 11.7 Å². The summed E-state index contributed by atoms with van der Waals surface area (Å²) in [7, 11) is 0. The maximum Gasteiger partial charge on any atom is 0.253 e. The van der Waals surface area contributed by atoms with E-state index in [9.17, 15) is 4.79 Å². The molecular weight excluding hydrogens is 266 g/mol. The van der Waals surface area contributed by atoms with Crippen molar-refractivity contribution in [2.24, 2.45) is 5.92 Å². The van der Waals surface area contributed by atoms with E-state index >= 15 is 0 Å². The molecule has 1 saturated carbocycles. The molecule has 1 aliphatic carbocycles. The average Bonchev–Trinajstić information content (AvgIpc) is 3.20. The number of carbonyl (C=O) groups excluding carboxylic acids is 1. The van der Waals surface area contributed by atoms with Crippen molar-refractivity contribution in [1.29, 1.82) is 5.26 Å². The second kappa shape index (κ2) is 4.57. The number of hydrogen-bond acceptors (Lipinski definition) is 4. The number of hydrogen-bond donors (Lipinski definition) is 2. The number of piperidine rings is 1. The van der Waals surface area contributed by atoms with Crippen LogP contribution in [0, 0.1) is 17.2 Å². The fourth-order valence-corrected chi connectivity index (χ4v) is 3.44. The number of carbonyl (C=O) groups is 1. The zero-order valence-corrected chi connectivity index (χ0v) is 11.4. The summed E-state index contributed by atoms with van der Waals surface area (Å²) in [6.45, 7) is 1.00. The molecule has 1 saturated heterocycles. The Labute approximate surface area is 121 Å². The molecule has 1 aliphatic heterocycles. The van der Waals surface area contributed by atoms with Crippen molar-refractivity contribution < 1.29 is 4.79 Å². The van der Waals surface area contributed by atoms with Crippen LogP contribution in [0.2, 0.25) is 0 Å². The van der Waals surface area contributed by atoms with E-state index in [1.54, 1.807) is 28.9 Å². The topological polar surface area (TPSA) is 82.2 Å². The quantitative estimate of drug-likeness (QED) is 0.848. The first kappa shape index (κ1) is 12.4. The number of nitrogens with one attached hydrogen (secondary N) is 2. The summed E-state index contributed by atoms with van der Waals surface area (Å²) >= 11 is 0. The van der Waals surface area contributed by atoms with Crippen LogP contribution in [0.15, 0.2) is 24.5 Å². The van der Waals surface area contributed by atoms with Crippen molar-refractivity contribution in [3.8, 4) is 6.07 Å². The molecule has 0 spiro atoms. The standard InChI is InChI=1S/C15H15N5O/c16-5-12-8-20-7-9(1-2-14(20)18-12)15(21)19-13-4-11-3-10(13)6-17-11/h1-2,7-8,10-11,13,17H,3-4,6H2,(H,19,21). The van der Waals surface area contributed by atoms with Crippen molar-refractivity contribution in [3.05, 3.63) is 35.8 Å². The van der Waals surface area contributed by atoms with Gasteiger partial charge >= 0.3 is 0 Å². The number of rotatable bonds is 2. The van der Waals surface area contributed by atoms with Gasteiger partial charge in [-0.2, -0.15) is 5.26 Å². The lowest BCUT2D eigenvalue weighted by molar-refractivity contribution is 0.0924. The lowest BCUT2D eigenvalue weighted by Crippen LogP contribution is -2.44. The third-order valence-electron chi connectivity index (χ3n) is 4.51. The minimum atomic E-state index is -0.0540. The van der Waals surface area contributed by atoms with Gasteiger partial charge in [0, 0.05) is 31.0 Å². The number of nitrogens with zero attached hydrogens (tertiary/aromatic N) is 3. The number of pyridine rings is 1. The van der Waals surface area contributed by atoms with Gasteiger partial charge in [-0.05, 0) is 30.9 Å². The number of imidazole rings is 1. The first-order valence-electron chi connectivity index (χ1n) is 7.16. The molecule has 2 N–H and O–H groups in total. The van der Waals surface area contributed by atoms with Crippen LogP contribution in [-0.2, 0) is 0 Å². The molecule has 21 heavy (non-hydrogen) atoms. The first-order chi connectivity index (χ1) is 10.2. The molecule has 6 heteroatoms. The molecule has 4 rings (SSSR count). The minimum absolute atomic E-state index is 0.0540. The largest absolute Gasteiger partial charge is 0.349 e. The number of aromatic nitrogens is 2. The van der Waals surface area contributed by atoms with Crippen LogP contribution in [0.5, 0.6) is 0 Å². The summed E-state index contributed by atoms with van der Waals surface area (Å²) in [6, 6.07) is 6.36. The van der Waals surface area contributed by atoms with Gasteiger partial charge in [0.25, 0.3) is 5.91 Å². The second-order valence-corrected chi connectivity index (χ2v) is 5.84. The number of nitriles is 1. The van der Waals surface area contributed by atoms with E-state index in [2.05, 4.69) is 15.6 Å². The fraction of sp³-hybridized carbons (Fsp3) is 0.400. The summed E-state index contributed by atoms with van der Waals surface area (Å²) in [4.78, 5) is 16.5. The molecule has 2 aromatic rings. The average molecular weight is 281 g/mol. The van der Waals surface area contributed by atoms with Crippen molar-refractivity contribution in [2.75, 3.05) is 6.54 Å². The van der Waals surface area contributed by atoms with Crippen LogP contribution < -0.4 is 10.6 Å². The van der Waals surface area contributed by atoms with Crippen molar-refractivity contribution in [1.82, 2.24) is 20.0 Å². The van der Waals surface area contributed by atoms with Crippen molar-refractivity contribution in [2.45, 2.75) is 24.9 Å². The molecule has 2 aliphatic rings. The molecular formula is C15H15N5O. The summed E-state index contributed by atoms with van der Waals surface area (Å²) in [5.41, 5.74) is 1.62. The van der Waals surface area contributed by atoms with E-state index in [4.69, 9.17) is 5.26 Å². The van der Waals surface area contributed by atoms with Crippen LogP contribution in [0.3, 0.4) is 0 Å². The smallest absolute Gasteiger partial charge is 0.253 e. The predicted octanol–water partition coefficient (Wildman–Crippen LogP) is 0.686. The summed E-state index contributed by atoms with van der Waals surface area (Å²) < 4.78 is 1.72. The van der Waals surface area contributed by atoms with Gasteiger partial charge < -0.3 is 15.0 Å². The van der Waals surface area contributed by atoms with Crippen LogP contribution in [0.1, 0.15) is 28.9 Å². The van der Waals surface area contributed by atoms with E-state index in [1.165, 1.54) is 0 Å². The zero-order chi connectivity index (χ0) is 14.4. The van der Waals surface area contributed by atoms with Crippen molar-refractivity contribution >= 4 is 11.6 Å². The van der Waals surface area contributed by atoms with Crippen LogP contribution in [0.25, 0.3) is 5.65 Å². The van der Waals surface area contributed by atoms with Gasteiger partial charge in [0.05, 0.1) is 5.56 Å². The predicted molar refractivity (Wildman–Crippen MR) is 75.7 cm³/mol. The second-order valence-electron chi connectivity index (χ2n) is 5.84. The number of amides is 1. The van der Waals surface area contributed by atoms with Gasteiger partial charge in [-0.25, -0.2) is 4.98 Å². The Morgan fingerprint density at radius 3 is 3.05 bits per heavy atom. The van der Waals surface area contributed by atoms with Crippen molar-refractivity contribution in [3.63, 3.8) is 0 Å². The third kappa shape index (κ3) is 2.06. The Morgan fingerprint density at radius 1 is 1.43 bits per heavy atom. The Morgan fingerprint density at radius 2 is 2.33 bits per heavy atom. The van der Waals surface area contributed by atoms with Gasteiger partial charge in [-0.1, -0.05) is 0 Å². The lowest BCUT2D eigenvalue weighted by atomic mass is 10.0. The third-order valence-corrected chi connectivity index (χ3v) is 4.51. The molecule has 2 bridgehead atoms.